The van der Waals surface area contributed by atoms with E-state index in [9.17, 15) is 13.2 Å². The Morgan fingerprint density at radius 3 is 2.46 bits per heavy atom. The molecule has 8 nitrogen and oxygen atoms in total. The van der Waals surface area contributed by atoms with Gasteiger partial charge in [-0.1, -0.05) is 35.9 Å². The van der Waals surface area contributed by atoms with Crippen LogP contribution in [-0.2, 0) is 16.6 Å². The van der Waals surface area contributed by atoms with Gasteiger partial charge in [0.1, 0.15) is 25.6 Å². The lowest BCUT2D eigenvalue weighted by Crippen LogP contribution is -2.30. The van der Waals surface area contributed by atoms with Crippen LogP contribution in [0.2, 0.25) is 5.02 Å². The third kappa shape index (κ3) is 6.37. The Labute approximate surface area is 209 Å². The zero-order valence-corrected chi connectivity index (χ0v) is 20.6. The molecule has 184 valence electrons. The van der Waals surface area contributed by atoms with Gasteiger partial charge in [-0.25, -0.2) is 8.42 Å². The molecular formula is C25H25ClN2O6S. The second kappa shape index (κ2) is 10.9. The first-order chi connectivity index (χ1) is 16.8. The van der Waals surface area contributed by atoms with Crippen molar-refractivity contribution >= 4 is 33.2 Å². The number of ether oxygens (including phenoxy) is 3. The molecule has 0 fully saturated rings. The number of nitrogens with zero attached hydrogens (tertiary/aromatic N) is 1. The van der Waals surface area contributed by atoms with Crippen molar-refractivity contribution in [2.75, 3.05) is 36.9 Å². The van der Waals surface area contributed by atoms with E-state index in [-0.39, 0.29) is 19.1 Å². The van der Waals surface area contributed by atoms with Crippen molar-refractivity contribution in [3.8, 4) is 17.2 Å². The van der Waals surface area contributed by atoms with Crippen LogP contribution in [0.4, 0.5) is 5.69 Å². The number of para-hydroxylation sites is 1. The van der Waals surface area contributed by atoms with Gasteiger partial charge in [-0.3, -0.25) is 9.10 Å². The molecule has 10 heteroatoms. The number of sulfonamides is 1. The highest BCUT2D eigenvalue weighted by Crippen LogP contribution is 2.35. The minimum atomic E-state index is -3.58. The van der Waals surface area contributed by atoms with Crippen LogP contribution in [-0.4, -0.2) is 46.9 Å². The summed E-state index contributed by atoms with van der Waals surface area (Å²) < 4.78 is 43.0. The van der Waals surface area contributed by atoms with Crippen molar-refractivity contribution in [1.82, 2.24) is 5.32 Å². The van der Waals surface area contributed by atoms with Crippen LogP contribution < -0.4 is 23.8 Å². The Balaban J connectivity index is 1.37. The summed E-state index contributed by atoms with van der Waals surface area (Å²) in [6.07, 6.45) is 1.15. The molecule has 1 amide bonds. The second-order valence-corrected chi connectivity index (χ2v) is 10.1. The highest BCUT2D eigenvalue weighted by molar-refractivity contribution is 7.92. The van der Waals surface area contributed by atoms with Crippen LogP contribution in [0.25, 0.3) is 0 Å². The fourth-order valence-corrected chi connectivity index (χ4v) is 4.57. The maximum atomic E-state index is 12.5. The number of hydrogen-bond acceptors (Lipinski definition) is 6. The first-order valence-corrected chi connectivity index (χ1v) is 13.2. The molecule has 0 atom stereocenters. The van der Waals surface area contributed by atoms with Gasteiger partial charge in [0.15, 0.2) is 11.5 Å². The number of carbonyl (C=O) groups excluding carboxylic acids is 1. The summed E-state index contributed by atoms with van der Waals surface area (Å²) in [5.74, 6) is 1.39. The normalized spacial score (nSPS) is 12.6. The van der Waals surface area contributed by atoms with E-state index in [1.807, 2.05) is 12.1 Å². The molecule has 1 aliphatic rings. The van der Waals surface area contributed by atoms with Crippen molar-refractivity contribution in [3.63, 3.8) is 0 Å². The number of halogens is 1. The molecular weight excluding hydrogens is 492 g/mol. The molecule has 1 heterocycles. The molecule has 0 aliphatic carbocycles. The molecule has 35 heavy (non-hydrogen) atoms. The summed E-state index contributed by atoms with van der Waals surface area (Å²) in [5.41, 5.74) is 1.65. The van der Waals surface area contributed by atoms with Gasteiger partial charge in [-0.2, -0.15) is 0 Å². The van der Waals surface area contributed by atoms with Crippen LogP contribution in [0, 0.1) is 0 Å². The standard InChI is InChI=1S/C25H25ClN2O6S/c1-35(30,31)28(20-10-11-23-24(16-20)34-15-14-33-23)17-18-6-8-19(9-7-18)25(29)27-12-13-32-22-5-3-2-4-21(22)26/h2-11,16H,12-15,17H2,1H3,(H,27,29). The van der Waals surface area contributed by atoms with Crippen molar-refractivity contribution < 1.29 is 27.4 Å². The third-order valence-electron chi connectivity index (χ3n) is 5.24. The number of fused-ring (bicyclic) bond motifs is 1. The fraction of sp³-hybridized carbons (Fsp3) is 0.240. The summed E-state index contributed by atoms with van der Waals surface area (Å²) in [7, 11) is -3.58. The zero-order valence-electron chi connectivity index (χ0n) is 19.1. The van der Waals surface area contributed by atoms with Gasteiger partial charge >= 0.3 is 0 Å². The predicted octanol–water partition coefficient (Wildman–Crippen LogP) is 3.89. The smallest absolute Gasteiger partial charge is 0.251 e. The van der Waals surface area contributed by atoms with E-state index < -0.39 is 10.0 Å². The van der Waals surface area contributed by atoms with Crippen molar-refractivity contribution in [2.24, 2.45) is 0 Å². The number of benzene rings is 3. The first-order valence-electron chi connectivity index (χ1n) is 10.9. The van der Waals surface area contributed by atoms with Gasteiger partial charge in [-0.05, 0) is 42.0 Å². The molecule has 1 N–H and O–H groups in total. The van der Waals surface area contributed by atoms with E-state index in [1.54, 1.807) is 54.6 Å². The molecule has 3 aromatic rings. The molecule has 0 bridgehead atoms. The summed E-state index contributed by atoms with van der Waals surface area (Å²) >= 11 is 6.05. The summed E-state index contributed by atoms with van der Waals surface area (Å²) in [4.78, 5) is 12.4. The Morgan fingerprint density at radius 2 is 1.74 bits per heavy atom. The minimum absolute atomic E-state index is 0.103. The molecule has 0 radical (unpaired) electrons. The van der Waals surface area contributed by atoms with Crippen LogP contribution >= 0.6 is 11.6 Å². The molecule has 0 spiro atoms. The summed E-state index contributed by atoms with van der Waals surface area (Å²) in [5, 5.41) is 3.30. The number of nitrogens with one attached hydrogen (secondary N) is 1. The molecule has 0 aromatic heterocycles. The lowest BCUT2D eigenvalue weighted by Gasteiger charge is -2.25. The van der Waals surface area contributed by atoms with E-state index in [2.05, 4.69) is 5.32 Å². The van der Waals surface area contributed by atoms with E-state index in [4.69, 9.17) is 25.8 Å². The third-order valence-corrected chi connectivity index (χ3v) is 6.69. The molecule has 1 aliphatic heterocycles. The highest BCUT2D eigenvalue weighted by atomic mass is 35.5. The average Bonchev–Trinajstić information content (AvgIpc) is 2.85. The van der Waals surface area contributed by atoms with E-state index in [1.165, 1.54) is 4.31 Å². The molecule has 0 saturated carbocycles. The van der Waals surface area contributed by atoms with E-state index >= 15 is 0 Å². The number of amides is 1. The van der Waals surface area contributed by atoms with Crippen molar-refractivity contribution in [2.45, 2.75) is 6.54 Å². The van der Waals surface area contributed by atoms with Crippen LogP contribution in [0.5, 0.6) is 17.2 Å². The first kappa shape index (κ1) is 24.7. The maximum Gasteiger partial charge on any atom is 0.251 e. The van der Waals surface area contributed by atoms with Gasteiger partial charge in [0.25, 0.3) is 5.91 Å². The quantitative estimate of drug-likeness (QED) is 0.434. The number of carbonyl (C=O) groups is 1. The minimum Gasteiger partial charge on any atom is -0.490 e. The zero-order chi connectivity index (χ0) is 24.8. The lowest BCUT2D eigenvalue weighted by molar-refractivity contribution is 0.0947. The topological polar surface area (TPSA) is 94.2 Å². The van der Waals surface area contributed by atoms with Gasteiger partial charge in [0.2, 0.25) is 10.0 Å². The van der Waals surface area contributed by atoms with Crippen LogP contribution in [0.1, 0.15) is 15.9 Å². The molecule has 4 rings (SSSR count). The van der Waals surface area contributed by atoms with Gasteiger partial charge in [-0.15, -0.1) is 0 Å². The van der Waals surface area contributed by atoms with E-state index in [0.29, 0.717) is 53.3 Å². The van der Waals surface area contributed by atoms with Crippen molar-refractivity contribution in [3.05, 3.63) is 82.9 Å². The lowest BCUT2D eigenvalue weighted by atomic mass is 10.1. The van der Waals surface area contributed by atoms with Crippen LogP contribution in [0.15, 0.2) is 66.7 Å². The second-order valence-electron chi connectivity index (χ2n) is 7.83. The summed E-state index contributed by atoms with van der Waals surface area (Å²) in [6.45, 7) is 1.54. The largest absolute Gasteiger partial charge is 0.490 e. The van der Waals surface area contributed by atoms with Gasteiger partial charge in [0.05, 0.1) is 30.1 Å². The number of hydrogen-bond donors (Lipinski definition) is 1. The van der Waals surface area contributed by atoms with Gasteiger partial charge in [0, 0.05) is 11.6 Å². The monoisotopic (exact) mass is 516 g/mol. The predicted molar refractivity (Wildman–Crippen MR) is 134 cm³/mol. The Morgan fingerprint density at radius 1 is 1.03 bits per heavy atom. The summed E-state index contributed by atoms with van der Waals surface area (Å²) in [6, 6.07) is 18.9. The number of anilines is 1. The SMILES string of the molecule is CS(=O)(=O)N(Cc1ccc(C(=O)NCCOc2ccccc2Cl)cc1)c1ccc2c(c1)OCCO2. The Hall–Kier alpha value is -3.43. The van der Waals surface area contributed by atoms with Gasteiger partial charge < -0.3 is 19.5 Å². The van der Waals surface area contributed by atoms with E-state index in [0.717, 1.165) is 11.8 Å². The average molecular weight is 517 g/mol. The van der Waals surface area contributed by atoms with Crippen molar-refractivity contribution in [1.29, 1.82) is 0 Å². The Kier molecular flexibility index (Phi) is 7.67. The van der Waals surface area contributed by atoms with Crippen LogP contribution in [0.3, 0.4) is 0 Å². The molecule has 3 aromatic carbocycles. The molecule has 0 unspecified atom stereocenters. The fourth-order valence-electron chi connectivity index (χ4n) is 3.50. The maximum absolute atomic E-state index is 12.5. The Bertz CT molecular complexity index is 1300. The highest BCUT2D eigenvalue weighted by Gasteiger charge is 2.21. The number of rotatable bonds is 9. The molecule has 0 saturated heterocycles.